The fraction of sp³-hybridized carbons (Fsp3) is 0.188. The van der Waals surface area contributed by atoms with Crippen LogP contribution in [0.3, 0.4) is 0 Å². The number of rotatable bonds is 4. The minimum atomic E-state index is -0.245. The number of carbonyl (C=O) groups excluding carboxylic acids is 1. The lowest BCUT2D eigenvalue weighted by Crippen LogP contribution is -2.12. The van der Waals surface area contributed by atoms with E-state index in [2.05, 4.69) is 20.6 Å². The van der Waals surface area contributed by atoms with E-state index in [-0.39, 0.29) is 17.1 Å². The van der Waals surface area contributed by atoms with Crippen molar-refractivity contribution in [3.8, 4) is 0 Å². The maximum absolute atomic E-state index is 12.6. The van der Waals surface area contributed by atoms with Crippen molar-refractivity contribution in [2.75, 3.05) is 23.1 Å². The summed E-state index contributed by atoms with van der Waals surface area (Å²) in [6, 6.07) is 7.45. The summed E-state index contributed by atoms with van der Waals surface area (Å²) in [6.07, 6.45) is 0. The number of nitrogens with zero attached hydrogens (tertiary/aromatic N) is 1. The molecule has 3 aromatic rings. The molecule has 122 valence electrons. The number of Topliss-reactive ketones (excluding diaryl/α,β-unsaturated/α-hetero) is 1. The zero-order valence-electron chi connectivity index (χ0n) is 12.8. The number of furan rings is 1. The largest absolute Gasteiger partial charge is 0.461 e. The predicted molar refractivity (Wildman–Crippen MR) is 93.0 cm³/mol. The Kier molecular flexibility index (Phi) is 3.53. The Labute approximate surface area is 140 Å². The van der Waals surface area contributed by atoms with Crippen molar-refractivity contribution in [3.05, 3.63) is 45.9 Å². The van der Waals surface area contributed by atoms with E-state index in [1.165, 1.54) is 11.8 Å². The van der Waals surface area contributed by atoms with Gasteiger partial charge in [-0.3, -0.25) is 14.6 Å². The van der Waals surface area contributed by atoms with Crippen LogP contribution in [0.2, 0.25) is 0 Å². The van der Waals surface area contributed by atoms with Gasteiger partial charge in [0.05, 0.1) is 18.0 Å². The summed E-state index contributed by atoms with van der Waals surface area (Å²) >= 11 is 1.20. The van der Waals surface area contributed by atoms with E-state index < -0.39 is 0 Å². The van der Waals surface area contributed by atoms with E-state index >= 15 is 0 Å². The first-order chi connectivity index (χ1) is 11.6. The molecule has 0 unspecified atom stereocenters. The highest BCUT2D eigenvalue weighted by Gasteiger charge is 2.20. The Balaban J connectivity index is 1.58. The predicted octanol–water partition coefficient (Wildman–Crippen LogP) is 2.59. The first-order valence-electron chi connectivity index (χ1n) is 7.39. The molecule has 24 heavy (non-hydrogen) atoms. The SMILES string of the molecule is Cc1oc2ccccc2c1C(=O)CSc1nc2c(c(=O)[nH]1)NCN2. The smallest absolute Gasteiger partial charge is 0.277 e. The number of aromatic nitrogens is 2. The van der Waals surface area contributed by atoms with Crippen molar-refractivity contribution in [3.63, 3.8) is 0 Å². The van der Waals surface area contributed by atoms with Gasteiger partial charge in [0.1, 0.15) is 17.0 Å². The maximum Gasteiger partial charge on any atom is 0.277 e. The van der Waals surface area contributed by atoms with Gasteiger partial charge < -0.3 is 15.1 Å². The summed E-state index contributed by atoms with van der Waals surface area (Å²) in [5, 5.41) is 7.10. The van der Waals surface area contributed by atoms with E-state index in [4.69, 9.17) is 4.42 Å². The van der Waals surface area contributed by atoms with Crippen LogP contribution in [0, 0.1) is 6.92 Å². The van der Waals surface area contributed by atoms with Gasteiger partial charge in [0, 0.05) is 5.39 Å². The minimum absolute atomic E-state index is 0.0586. The first kappa shape index (κ1) is 14.8. The maximum atomic E-state index is 12.6. The zero-order chi connectivity index (χ0) is 16.7. The molecule has 3 N–H and O–H groups in total. The number of hydrogen-bond donors (Lipinski definition) is 3. The normalized spacial score (nSPS) is 12.7. The second kappa shape index (κ2) is 5.72. The summed E-state index contributed by atoms with van der Waals surface area (Å²) < 4.78 is 5.63. The molecular formula is C16H14N4O3S. The Hall–Kier alpha value is -2.74. The molecule has 0 saturated carbocycles. The fourth-order valence-electron chi connectivity index (χ4n) is 2.75. The third-order valence-corrected chi connectivity index (χ3v) is 4.68. The number of nitrogens with one attached hydrogen (secondary N) is 3. The third kappa shape index (κ3) is 2.44. The number of H-pyrrole nitrogens is 1. The number of aryl methyl sites for hydroxylation is 1. The van der Waals surface area contributed by atoms with Crippen LogP contribution in [-0.2, 0) is 0 Å². The van der Waals surface area contributed by atoms with Crippen LogP contribution < -0.4 is 16.2 Å². The van der Waals surface area contributed by atoms with Crippen LogP contribution in [0.15, 0.2) is 38.6 Å². The van der Waals surface area contributed by atoms with Crippen LogP contribution >= 0.6 is 11.8 Å². The highest BCUT2D eigenvalue weighted by Crippen LogP contribution is 2.28. The van der Waals surface area contributed by atoms with Gasteiger partial charge >= 0.3 is 0 Å². The van der Waals surface area contributed by atoms with Crippen LogP contribution in [-0.4, -0.2) is 28.2 Å². The van der Waals surface area contributed by atoms with Crippen molar-refractivity contribution in [1.29, 1.82) is 0 Å². The molecule has 0 fully saturated rings. The molecule has 1 aliphatic rings. The quantitative estimate of drug-likeness (QED) is 0.381. The van der Waals surface area contributed by atoms with Crippen LogP contribution in [0.4, 0.5) is 11.5 Å². The van der Waals surface area contributed by atoms with Crippen LogP contribution in [0.5, 0.6) is 0 Å². The van der Waals surface area contributed by atoms with Crippen molar-refractivity contribution in [1.82, 2.24) is 9.97 Å². The van der Waals surface area contributed by atoms with E-state index in [9.17, 15) is 9.59 Å². The molecule has 0 amide bonds. The van der Waals surface area contributed by atoms with E-state index in [1.807, 2.05) is 24.3 Å². The van der Waals surface area contributed by atoms with Crippen molar-refractivity contribution >= 4 is 40.0 Å². The number of carbonyl (C=O) groups is 1. The van der Waals surface area contributed by atoms with Gasteiger partial charge in [-0.2, -0.15) is 0 Å². The van der Waals surface area contributed by atoms with Crippen molar-refractivity contribution in [2.45, 2.75) is 12.1 Å². The van der Waals surface area contributed by atoms with Gasteiger partial charge in [0.2, 0.25) is 0 Å². The number of fused-ring (bicyclic) bond motifs is 2. The number of thioether (sulfide) groups is 1. The molecule has 1 aromatic carbocycles. The van der Waals surface area contributed by atoms with E-state index in [0.29, 0.717) is 40.2 Å². The van der Waals surface area contributed by atoms with Crippen LogP contribution in [0.25, 0.3) is 11.0 Å². The van der Waals surface area contributed by atoms with Gasteiger partial charge in [-0.1, -0.05) is 30.0 Å². The standard InChI is InChI=1S/C16H14N4O3S/c1-8-12(9-4-2-3-5-11(9)23-8)10(21)6-24-16-19-14-13(15(22)20-16)17-7-18-14/h2-5,17H,6-7H2,1H3,(H2,18,19,20,22). The average molecular weight is 342 g/mol. The second-order valence-electron chi connectivity index (χ2n) is 5.37. The molecule has 0 radical (unpaired) electrons. The molecule has 0 saturated heterocycles. The van der Waals surface area contributed by atoms with Gasteiger partial charge in [-0.25, -0.2) is 4.98 Å². The number of aromatic amines is 1. The zero-order valence-corrected chi connectivity index (χ0v) is 13.6. The molecule has 8 heteroatoms. The van der Waals surface area contributed by atoms with Gasteiger partial charge in [-0.15, -0.1) is 0 Å². The van der Waals surface area contributed by atoms with Gasteiger partial charge in [-0.05, 0) is 13.0 Å². The average Bonchev–Trinajstić information content (AvgIpc) is 3.16. The van der Waals surface area contributed by atoms with Crippen molar-refractivity contribution in [2.24, 2.45) is 0 Å². The molecule has 3 heterocycles. The van der Waals surface area contributed by atoms with Crippen LogP contribution in [0.1, 0.15) is 16.1 Å². The summed E-state index contributed by atoms with van der Waals surface area (Å²) in [7, 11) is 0. The monoisotopic (exact) mass is 342 g/mol. The highest BCUT2D eigenvalue weighted by molar-refractivity contribution is 7.99. The van der Waals surface area contributed by atoms with E-state index in [1.54, 1.807) is 6.92 Å². The Bertz CT molecular complexity index is 1010. The second-order valence-corrected chi connectivity index (χ2v) is 6.33. The van der Waals surface area contributed by atoms with Crippen molar-refractivity contribution < 1.29 is 9.21 Å². The minimum Gasteiger partial charge on any atom is -0.461 e. The summed E-state index contributed by atoms with van der Waals surface area (Å²) in [4.78, 5) is 31.5. The Morgan fingerprint density at radius 3 is 3.04 bits per heavy atom. The first-order valence-corrected chi connectivity index (χ1v) is 8.38. The Morgan fingerprint density at radius 2 is 2.17 bits per heavy atom. The Morgan fingerprint density at radius 1 is 1.33 bits per heavy atom. The number of ketones is 1. The number of benzene rings is 1. The molecule has 1 aliphatic heterocycles. The van der Waals surface area contributed by atoms with Gasteiger partial charge in [0.15, 0.2) is 16.8 Å². The summed E-state index contributed by atoms with van der Waals surface area (Å²) in [5.74, 6) is 1.22. The summed E-state index contributed by atoms with van der Waals surface area (Å²) in [6.45, 7) is 2.25. The van der Waals surface area contributed by atoms with Gasteiger partial charge in [0.25, 0.3) is 5.56 Å². The number of hydrogen-bond acceptors (Lipinski definition) is 7. The lowest BCUT2D eigenvalue weighted by molar-refractivity contribution is 0.102. The molecule has 0 aliphatic carbocycles. The molecule has 2 aromatic heterocycles. The highest BCUT2D eigenvalue weighted by atomic mass is 32.2. The topological polar surface area (TPSA) is 100 Å². The molecule has 0 spiro atoms. The third-order valence-electron chi connectivity index (χ3n) is 3.81. The molecule has 7 nitrogen and oxygen atoms in total. The summed E-state index contributed by atoms with van der Waals surface area (Å²) in [5.41, 5.74) is 1.47. The fourth-order valence-corrected chi connectivity index (χ4v) is 3.48. The lowest BCUT2D eigenvalue weighted by atomic mass is 10.1. The number of para-hydroxylation sites is 1. The van der Waals surface area contributed by atoms with E-state index in [0.717, 1.165) is 5.39 Å². The molecular weight excluding hydrogens is 328 g/mol. The molecule has 0 bridgehead atoms. The number of anilines is 2. The molecule has 4 rings (SSSR count). The lowest BCUT2D eigenvalue weighted by Gasteiger charge is -2.03. The molecule has 0 atom stereocenters.